The Bertz CT molecular complexity index is 790. The summed E-state index contributed by atoms with van der Waals surface area (Å²) in [6, 6.07) is 11.1. The highest BCUT2D eigenvalue weighted by Crippen LogP contribution is 2.36. The molecule has 0 fully saturated rings. The summed E-state index contributed by atoms with van der Waals surface area (Å²) in [5.41, 5.74) is 4.48. The lowest BCUT2D eigenvalue weighted by molar-refractivity contribution is 0.0697. The minimum atomic E-state index is -0.912. The number of carboxylic acid groups (broad SMARTS) is 1. The van der Waals surface area contributed by atoms with Gasteiger partial charge in [0.05, 0.1) is 19.8 Å². The standard InChI is InChI=1S/C19H18O4/c1-22-17-9-8-13(11-18(17)23-2)15-5-3-4-12-6-7-14(19(20)21)10-16(12)15/h5-11H,3-4H2,1-2H3,(H,20,21). The van der Waals surface area contributed by atoms with Crippen molar-refractivity contribution in [3.05, 3.63) is 64.7 Å². The molecule has 2 aromatic carbocycles. The lowest BCUT2D eigenvalue weighted by Gasteiger charge is -2.19. The summed E-state index contributed by atoms with van der Waals surface area (Å²) in [5.74, 6) is 0.421. The number of methoxy groups -OCH3 is 2. The summed E-state index contributed by atoms with van der Waals surface area (Å²) in [6.07, 6.45) is 4.00. The normalized spacial score (nSPS) is 13.0. The average molecular weight is 310 g/mol. The van der Waals surface area contributed by atoms with Gasteiger partial charge in [0.15, 0.2) is 11.5 Å². The van der Waals surface area contributed by atoms with Crippen molar-refractivity contribution in [1.29, 1.82) is 0 Å². The van der Waals surface area contributed by atoms with Crippen molar-refractivity contribution in [3.8, 4) is 11.5 Å². The zero-order chi connectivity index (χ0) is 16.4. The molecule has 0 atom stereocenters. The zero-order valence-corrected chi connectivity index (χ0v) is 13.1. The van der Waals surface area contributed by atoms with Gasteiger partial charge in [-0.15, -0.1) is 0 Å². The average Bonchev–Trinajstić information content (AvgIpc) is 2.60. The first kappa shape index (κ1) is 15.2. The van der Waals surface area contributed by atoms with Gasteiger partial charge in [-0.1, -0.05) is 18.2 Å². The van der Waals surface area contributed by atoms with Crippen LogP contribution in [0.5, 0.6) is 11.5 Å². The van der Waals surface area contributed by atoms with Gasteiger partial charge in [-0.05, 0) is 59.4 Å². The smallest absolute Gasteiger partial charge is 0.335 e. The highest BCUT2D eigenvalue weighted by atomic mass is 16.5. The van der Waals surface area contributed by atoms with E-state index in [0.29, 0.717) is 17.1 Å². The number of aromatic carboxylic acids is 1. The van der Waals surface area contributed by atoms with Gasteiger partial charge in [-0.2, -0.15) is 0 Å². The molecule has 0 unspecified atom stereocenters. The predicted octanol–water partition coefficient (Wildman–Crippen LogP) is 3.78. The van der Waals surface area contributed by atoms with Crippen molar-refractivity contribution in [2.24, 2.45) is 0 Å². The largest absolute Gasteiger partial charge is 0.493 e. The minimum Gasteiger partial charge on any atom is -0.493 e. The predicted molar refractivity (Wildman–Crippen MR) is 88.3 cm³/mol. The van der Waals surface area contributed by atoms with Gasteiger partial charge in [-0.25, -0.2) is 4.79 Å². The van der Waals surface area contributed by atoms with Crippen LogP contribution in [0.2, 0.25) is 0 Å². The van der Waals surface area contributed by atoms with Crippen LogP contribution < -0.4 is 9.47 Å². The summed E-state index contributed by atoms with van der Waals surface area (Å²) in [4.78, 5) is 11.3. The van der Waals surface area contributed by atoms with Gasteiger partial charge >= 0.3 is 5.97 Å². The van der Waals surface area contributed by atoms with Crippen LogP contribution in [0.25, 0.3) is 5.57 Å². The van der Waals surface area contributed by atoms with E-state index in [1.165, 1.54) is 5.56 Å². The fourth-order valence-electron chi connectivity index (χ4n) is 2.94. The summed E-state index contributed by atoms with van der Waals surface area (Å²) in [5, 5.41) is 9.24. The van der Waals surface area contributed by atoms with E-state index in [1.807, 2.05) is 24.3 Å². The van der Waals surface area contributed by atoms with E-state index >= 15 is 0 Å². The third kappa shape index (κ3) is 2.80. The number of fused-ring (bicyclic) bond motifs is 1. The Labute approximate surface area is 135 Å². The zero-order valence-electron chi connectivity index (χ0n) is 13.1. The maximum Gasteiger partial charge on any atom is 0.335 e. The Morgan fingerprint density at radius 2 is 1.83 bits per heavy atom. The third-order valence-electron chi connectivity index (χ3n) is 4.10. The Morgan fingerprint density at radius 3 is 2.52 bits per heavy atom. The molecule has 1 aliphatic rings. The molecule has 0 bridgehead atoms. The Kier molecular flexibility index (Phi) is 4.06. The number of rotatable bonds is 4. The first-order chi connectivity index (χ1) is 11.1. The van der Waals surface area contributed by atoms with Crippen molar-refractivity contribution in [1.82, 2.24) is 0 Å². The number of hydrogen-bond acceptors (Lipinski definition) is 3. The van der Waals surface area contributed by atoms with Crippen molar-refractivity contribution in [3.63, 3.8) is 0 Å². The molecule has 0 amide bonds. The first-order valence-corrected chi connectivity index (χ1v) is 7.43. The maximum absolute atomic E-state index is 11.3. The second kappa shape index (κ2) is 6.16. The summed E-state index contributed by atoms with van der Waals surface area (Å²) >= 11 is 0. The van der Waals surface area contributed by atoms with Crippen LogP contribution in [0.1, 0.15) is 33.5 Å². The molecule has 23 heavy (non-hydrogen) atoms. The number of aryl methyl sites for hydroxylation is 1. The summed E-state index contributed by atoms with van der Waals surface area (Å²) in [6.45, 7) is 0. The number of allylic oxidation sites excluding steroid dienone is 1. The number of carboxylic acids is 1. The van der Waals surface area contributed by atoms with Gasteiger partial charge in [0.2, 0.25) is 0 Å². The molecule has 0 aromatic heterocycles. The molecule has 0 radical (unpaired) electrons. The molecule has 1 N–H and O–H groups in total. The van der Waals surface area contributed by atoms with Gasteiger partial charge in [0.25, 0.3) is 0 Å². The number of benzene rings is 2. The van der Waals surface area contributed by atoms with Crippen molar-refractivity contribution in [2.45, 2.75) is 12.8 Å². The monoisotopic (exact) mass is 310 g/mol. The topological polar surface area (TPSA) is 55.8 Å². The van der Waals surface area contributed by atoms with Crippen LogP contribution in [0.4, 0.5) is 0 Å². The SMILES string of the molecule is COc1ccc(C2=CCCc3ccc(C(=O)O)cc32)cc1OC. The summed E-state index contributed by atoms with van der Waals surface area (Å²) in [7, 11) is 3.21. The Balaban J connectivity index is 2.10. The second-order valence-electron chi connectivity index (χ2n) is 5.40. The molecule has 0 spiro atoms. The molecule has 0 heterocycles. The van der Waals surface area contributed by atoms with Crippen LogP contribution in [-0.4, -0.2) is 25.3 Å². The number of ether oxygens (including phenoxy) is 2. The van der Waals surface area contributed by atoms with Crippen LogP contribution in [0.3, 0.4) is 0 Å². The summed E-state index contributed by atoms with van der Waals surface area (Å²) < 4.78 is 10.6. The quantitative estimate of drug-likeness (QED) is 0.933. The molecule has 3 rings (SSSR count). The molecule has 2 aromatic rings. The molecule has 0 saturated carbocycles. The minimum absolute atomic E-state index is 0.303. The lowest BCUT2D eigenvalue weighted by atomic mass is 9.86. The van der Waals surface area contributed by atoms with E-state index in [0.717, 1.165) is 29.5 Å². The Hall–Kier alpha value is -2.75. The molecular formula is C19H18O4. The molecule has 0 aliphatic heterocycles. The van der Waals surface area contributed by atoms with Crippen molar-refractivity contribution >= 4 is 11.5 Å². The number of carbonyl (C=O) groups is 1. The van der Waals surface area contributed by atoms with Crippen molar-refractivity contribution in [2.75, 3.05) is 14.2 Å². The van der Waals surface area contributed by atoms with Gasteiger partial charge < -0.3 is 14.6 Å². The maximum atomic E-state index is 11.3. The fourth-order valence-corrected chi connectivity index (χ4v) is 2.94. The van der Waals surface area contributed by atoms with E-state index in [9.17, 15) is 9.90 Å². The highest BCUT2D eigenvalue weighted by molar-refractivity contribution is 5.91. The lowest BCUT2D eigenvalue weighted by Crippen LogP contribution is -2.05. The Morgan fingerprint density at radius 1 is 1.04 bits per heavy atom. The fraction of sp³-hybridized carbons (Fsp3) is 0.211. The highest BCUT2D eigenvalue weighted by Gasteiger charge is 2.18. The molecule has 4 nitrogen and oxygen atoms in total. The van der Waals surface area contributed by atoms with E-state index in [-0.39, 0.29) is 0 Å². The molecule has 1 aliphatic carbocycles. The van der Waals surface area contributed by atoms with E-state index < -0.39 is 5.97 Å². The number of hydrogen-bond donors (Lipinski definition) is 1. The van der Waals surface area contributed by atoms with Crippen molar-refractivity contribution < 1.29 is 19.4 Å². The van der Waals surface area contributed by atoms with E-state index in [4.69, 9.17) is 9.47 Å². The molecule has 4 heteroatoms. The second-order valence-corrected chi connectivity index (χ2v) is 5.40. The van der Waals surface area contributed by atoms with Gasteiger partial charge in [-0.3, -0.25) is 0 Å². The van der Waals surface area contributed by atoms with Crippen LogP contribution >= 0.6 is 0 Å². The first-order valence-electron chi connectivity index (χ1n) is 7.43. The van der Waals surface area contributed by atoms with Gasteiger partial charge in [0.1, 0.15) is 0 Å². The van der Waals surface area contributed by atoms with Gasteiger partial charge in [0, 0.05) is 0 Å². The third-order valence-corrected chi connectivity index (χ3v) is 4.10. The van der Waals surface area contributed by atoms with Crippen LogP contribution in [0, 0.1) is 0 Å². The van der Waals surface area contributed by atoms with Crippen LogP contribution in [0.15, 0.2) is 42.5 Å². The van der Waals surface area contributed by atoms with E-state index in [2.05, 4.69) is 6.08 Å². The molecule has 118 valence electrons. The molecule has 0 saturated heterocycles. The molecular weight excluding hydrogens is 292 g/mol. The van der Waals surface area contributed by atoms with Crippen LogP contribution in [-0.2, 0) is 6.42 Å². The van der Waals surface area contributed by atoms with E-state index in [1.54, 1.807) is 26.4 Å².